The summed E-state index contributed by atoms with van der Waals surface area (Å²) in [6.07, 6.45) is 1.51. The molecule has 1 fully saturated rings. The van der Waals surface area contributed by atoms with Crippen molar-refractivity contribution in [2.45, 2.75) is 31.9 Å². The summed E-state index contributed by atoms with van der Waals surface area (Å²) in [5.74, 6) is 0.272. The molecule has 0 saturated heterocycles. The highest BCUT2D eigenvalue weighted by Gasteiger charge is 2.44. The summed E-state index contributed by atoms with van der Waals surface area (Å²) >= 11 is 0. The van der Waals surface area contributed by atoms with Gasteiger partial charge in [-0.3, -0.25) is 0 Å². The van der Waals surface area contributed by atoms with Gasteiger partial charge in [-0.05, 0) is 39.4 Å². The molecular formula is C13H19NO2. The van der Waals surface area contributed by atoms with Crippen LogP contribution in [0.1, 0.15) is 29.5 Å². The molecule has 0 atom stereocenters. The van der Waals surface area contributed by atoms with Crippen LogP contribution in [0.5, 0.6) is 5.75 Å². The van der Waals surface area contributed by atoms with Crippen molar-refractivity contribution in [1.82, 2.24) is 4.90 Å². The molecular weight excluding hydrogens is 202 g/mol. The van der Waals surface area contributed by atoms with E-state index in [9.17, 15) is 10.2 Å². The van der Waals surface area contributed by atoms with Gasteiger partial charge < -0.3 is 15.1 Å². The second-order valence-electron chi connectivity index (χ2n) is 5.03. The third-order valence-electron chi connectivity index (χ3n) is 3.22. The monoisotopic (exact) mass is 221 g/mol. The Bertz CT molecular complexity index is 409. The van der Waals surface area contributed by atoms with Gasteiger partial charge in [0.1, 0.15) is 5.75 Å². The van der Waals surface area contributed by atoms with Crippen molar-refractivity contribution in [3.63, 3.8) is 0 Å². The Morgan fingerprint density at radius 3 is 2.44 bits per heavy atom. The lowest BCUT2D eigenvalue weighted by Crippen LogP contribution is -2.14. The van der Waals surface area contributed by atoms with Crippen LogP contribution in [0.4, 0.5) is 0 Å². The maximum Gasteiger partial charge on any atom is 0.126 e. The Labute approximate surface area is 96.3 Å². The molecule has 16 heavy (non-hydrogen) atoms. The molecule has 0 unspecified atom stereocenters. The number of aryl methyl sites for hydroxylation is 1. The van der Waals surface area contributed by atoms with Crippen molar-refractivity contribution >= 4 is 0 Å². The fourth-order valence-electron chi connectivity index (χ4n) is 2.02. The quantitative estimate of drug-likeness (QED) is 0.817. The second kappa shape index (κ2) is 3.75. The lowest BCUT2D eigenvalue weighted by Gasteiger charge is -2.18. The summed E-state index contributed by atoms with van der Waals surface area (Å²) in [4.78, 5) is 2.02. The first kappa shape index (κ1) is 11.4. The van der Waals surface area contributed by atoms with Gasteiger partial charge in [0, 0.05) is 17.7 Å². The maximum atomic E-state index is 10.2. The number of phenols is 1. The van der Waals surface area contributed by atoms with Crippen LogP contribution in [0, 0.1) is 6.92 Å². The van der Waals surface area contributed by atoms with Gasteiger partial charge in [0.05, 0.1) is 5.60 Å². The van der Waals surface area contributed by atoms with Crippen molar-refractivity contribution in [2.24, 2.45) is 0 Å². The van der Waals surface area contributed by atoms with Crippen LogP contribution < -0.4 is 0 Å². The summed E-state index contributed by atoms with van der Waals surface area (Å²) in [5, 5.41) is 20.3. The van der Waals surface area contributed by atoms with Crippen LogP contribution in [0.25, 0.3) is 0 Å². The van der Waals surface area contributed by atoms with Crippen molar-refractivity contribution in [2.75, 3.05) is 14.1 Å². The van der Waals surface area contributed by atoms with E-state index in [0.29, 0.717) is 12.1 Å². The number of hydrogen-bond donors (Lipinski definition) is 2. The highest BCUT2D eigenvalue weighted by molar-refractivity contribution is 5.49. The van der Waals surface area contributed by atoms with E-state index in [-0.39, 0.29) is 5.75 Å². The van der Waals surface area contributed by atoms with Crippen molar-refractivity contribution in [3.05, 3.63) is 28.8 Å². The number of hydrogen-bond acceptors (Lipinski definition) is 3. The minimum absolute atomic E-state index is 0.272. The molecule has 1 saturated carbocycles. The molecule has 3 heteroatoms. The van der Waals surface area contributed by atoms with Crippen molar-refractivity contribution < 1.29 is 10.2 Å². The lowest BCUT2D eigenvalue weighted by atomic mass is 9.98. The molecule has 3 nitrogen and oxygen atoms in total. The van der Waals surface area contributed by atoms with E-state index in [2.05, 4.69) is 0 Å². The number of nitrogens with zero attached hydrogens (tertiary/aromatic N) is 1. The van der Waals surface area contributed by atoms with Gasteiger partial charge in [-0.15, -0.1) is 0 Å². The zero-order valence-corrected chi connectivity index (χ0v) is 10.1. The van der Waals surface area contributed by atoms with Gasteiger partial charge in [-0.1, -0.05) is 12.1 Å². The molecule has 1 aliphatic carbocycles. The van der Waals surface area contributed by atoms with Crippen LogP contribution in [0.15, 0.2) is 12.1 Å². The average Bonchev–Trinajstić information content (AvgIpc) is 2.91. The molecule has 0 heterocycles. The minimum Gasteiger partial charge on any atom is -0.507 e. The second-order valence-corrected chi connectivity index (χ2v) is 5.03. The Kier molecular flexibility index (Phi) is 2.68. The molecule has 1 aromatic carbocycles. The summed E-state index contributed by atoms with van der Waals surface area (Å²) in [6.45, 7) is 2.68. The number of aliphatic hydroxyl groups is 1. The zero-order valence-electron chi connectivity index (χ0n) is 10.1. The van der Waals surface area contributed by atoms with Crippen LogP contribution in [0.3, 0.4) is 0 Å². The zero-order chi connectivity index (χ0) is 11.9. The first-order valence-electron chi connectivity index (χ1n) is 5.63. The smallest absolute Gasteiger partial charge is 0.126 e. The molecule has 0 radical (unpaired) electrons. The van der Waals surface area contributed by atoms with E-state index in [0.717, 1.165) is 24.0 Å². The first-order valence-corrected chi connectivity index (χ1v) is 5.63. The molecule has 0 aliphatic heterocycles. The molecule has 0 aromatic heterocycles. The molecule has 2 rings (SSSR count). The first-order chi connectivity index (χ1) is 7.44. The average molecular weight is 221 g/mol. The third kappa shape index (κ3) is 1.93. The fraction of sp³-hybridized carbons (Fsp3) is 0.538. The number of benzene rings is 1. The predicted octanol–water partition coefficient (Wildman–Crippen LogP) is 1.74. The standard InChI is InChI=1S/C13H19NO2/c1-9-4-5-11(13(16)6-7-13)12(15)10(9)8-14(2)3/h4-5,15-16H,6-8H2,1-3H3. The predicted molar refractivity (Wildman–Crippen MR) is 63.4 cm³/mol. The molecule has 0 spiro atoms. The van der Waals surface area contributed by atoms with E-state index >= 15 is 0 Å². The Balaban J connectivity index is 2.43. The summed E-state index contributed by atoms with van der Waals surface area (Å²) in [5.41, 5.74) is 1.91. The van der Waals surface area contributed by atoms with Gasteiger partial charge >= 0.3 is 0 Å². The Morgan fingerprint density at radius 2 is 1.94 bits per heavy atom. The highest BCUT2D eigenvalue weighted by atomic mass is 16.3. The topological polar surface area (TPSA) is 43.7 Å². The lowest BCUT2D eigenvalue weighted by molar-refractivity contribution is 0.147. The molecule has 0 bridgehead atoms. The number of rotatable bonds is 3. The van der Waals surface area contributed by atoms with Crippen LogP contribution in [0.2, 0.25) is 0 Å². The molecule has 2 N–H and O–H groups in total. The summed E-state index contributed by atoms with van der Waals surface area (Å²) < 4.78 is 0. The van der Waals surface area contributed by atoms with Gasteiger partial charge in [-0.25, -0.2) is 0 Å². The SMILES string of the molecule is Cc1ccc(C2(O)CC2)c(O)c1CN(C)C. The summed E-state index contributed by atoms with van der Waals surface area (Å²) in [6, 6.07) is 3.82. The Morgan fingerprint density at radius 1 is 1.31 bits per heavy atom. The normalized spacial score (nSPS) is 17.8. The van der Waals surface area contributed by atoms with Gasteiger partial charge in [0.2, 0.25) is 0 Å². The molecule has 1 aliphatic rings. The number of aromatic hydroxyl groups is 1. The maximum absolute atomic E-state index is 10.2. The van der Waals surface area contributed by atoms with E-state index in [1.165, 1.54) is 0 Å². The largest absolute Gasteiger partial charge is 0.507 e. The summed E-state index contributed by atoms with van der Waals surface area (Å²) in [7, 11) is 3.94. The van der Waals surface area contributed by atoms with Gasteiger partial charge in [-0.2, -0.15) is 0 Å². The van der Waals surface area contributed by atoms with E-state index < -0.39 is 5.60 Å². The van der Waals surface area contributed by atoms with E-state index in [4.69, 9.17) is 0 Å². The molecule has 1 aromatic rings. The fourth-order valence-corrected chi connectivity index (χ4v) is 2.02. The van der Waals surface area contributed by atoms with Gasteiger partial charge in [0.15, 0.2) is 0 Å². The molecule has 0 amide bonds. The van der Waals surface area contributed by atoms with Crippen LogP contribution in [-0.4, -0.2) is 29.2 Å². The van der Waals surface area contributed by atoms with Gasteiger partial charge in [0.25, 0.3) is 0 Å². The van der Waals surface area contributed by atoms with Crippen LogP contribution >= 0.6 is 0 Å². The highest BCUT2D eigenvalue weighted by Crippen LogP contribution is 2.49. The minimum atomic E-state index is -0.765. The van der Waals surface area contributed by atoms with E-state index in [1.54, 1.807) is 0 Å². The Hall–Kier alpha value is -1.06. The van der Waals surface area contributed by atoms with Crippen molar-refractivity contribution in [3.8, 4) is 5.75 Å². The van der Waals surface area contributed by atoms with Crippen LogP contribution in [-0.2, 0) is 12.1 Å². The van der Waals surface area contributed by atoms with Crippen molar-refractivity contribution in [1.29, 1.82) is 0 Å². The third-order valence-corrected chi connectivity index (χ3v) is 3.22. The number of phenolic OH excluding ortho intramolecular Hbond substituents is 1. The molecule has 88 valence electrons. The van der Waals surface area contributed by atoms with E-state index in [1.807, 2.05) is 38.1 Å².